The van der Waals surface area contributed by atoms with Crippen LogP contribution in [0.5, 0.6) is 0 Å². The number of aromatic nitrogens is 2. The van der Waals surface area contributed by atoms with Gasteiger partial charge >= 0.3 is 0 Å². The van der Waals surface area contributed by atoms with E-state index in [0.29, 0.717) is 11.2 Å². The smallest absolute Gasteiger partial charge is 0.190 e. The molecule has 1 saturated heterocycles. The van der Waals surface area contributed by atoms with E-state index < -0.39 is 0 Å². The van der Waals surface area contributed by atoms with Crippen LogP contribution in [-0.2, 0) is 0 Å². The van der Waals surface area contributed by atoms with Crippen LogP contribution < -0.4 is 10.2 Å². The molecule has 0 aromatic carbocycles. The molecule has 1 fully saturated rings. The molecule has 0 aliphatic carbocycles. The van der Waals surface area contributed by atoms with Gasteiger partial charge in [-0.1, -0.05) is 23.4 Å². The number of halogens is 1. The molecule has 4 nitrogen and oxygen atoms in total. The monoisotopic (exact) mass is 272 g/mol. The van der Waals surface area contributed by atoms with Crippen molar-refractivity contribution in [3.05, 3.63) is 11.2 Å². The first-order chi connectivity index (χ1) is 8.19. The number of nitrogens with one attached hydrogen (secondary N) is 1. The van der Waals surface area contributed by atoms with Crippen molar-refractivity contribution < 1.29 is 0 Å². The van der Waals surface area contributed by atoms with Crippen molar-refractivity contribution in [3.8, 4) is 0 Å². The standard InChI is InChI=1S/C11H17ClN4S/c1-16(7-8-4-3-5-13-8)10-6-9(12)14-11(15-10)17-2/h6,8,13H,3-5,7H2,1-2H3/t8-/m1/s1. The molecule has 0 unspecified atom stereocenters. The molecule has 0 bridgehead atoms. The maximum Gasteiger partial charge on any atom is 0.190 e. The average Bonchev–Trinajstić information content (AvgIpc) is 2.81. The van der Waals surface area contributed by atoms with E-state index in [9.17, 15) is 0 Å². The highest BCUT2D eigenvalue weighted by molar-refractivity contribution is 7.98. The van der Waals surface area contributed by atoms with Gasteiger partial charge in [0, 0.05) is 25.7 Å². The first-order valence-corrected chi connectivity index (χ1v) is 7.32. The number of anilines is 1. The first-order valence-electron chi connectivity index (χ1n) is 5.72. The molecule has 1 aliphatic rings. The fourth-order valence-electron chi connectivity index (χ4n) is 2.01. The third kappa shape index (κ3) is 3.47. The summed E-state index contributed by atoms with van der Waals surface area (Å²) in [5.41, 5.74) is 0. The van der Waals surface area contributed by atoms with Crippen LogP contribution >= 0.6 is 23.4 Å². The second-order valence-corrected chi connectivity index (χ2v) is 5.37. The summed E-state index contributed by atoms with van der Waals surface area (Å²) in [6.07, 6.45) is 4.45. The highest BCUT2D eigenvalue weighted by Crippen LogP contribution is 2.20. The Morgan fingerprint density at radius 2 is 2.41 bits per heavy atom. The van der Waals surface area contributed by atoms with E-state index in [-0.39, 0.29) is 0 Å². The molecule has 6 heteroatoms. The van der Waals surface area contributed by atoms with Gasteiger partial charge in [-0.15, -0.1) is 0 Å². The number of hydrogen-bond acceptors (Lipinski definition) is 5. The van der Waals surface area contributed by atoms with Crippen molar-refractivity contribution in [2.75, 3.05) is 31.3 Å². The van der Waals surface area contributed by atoms with Crippen LogP contribution in [0.4, 0.5) is 5.82 Å². The first kappa shape index (κ1) is 12.9. The van der Waals surface area contributed by atoms with Gasteiger partial charge in [-0.2, -0.15) is 0 Å². The third-order valence-corrected chi connectivity index (χ3v) is 3.63. The van der Waals surface area contributed by atoms with Crippen LogP contribution in [-0.4, -0.2) is 42.4 Å². The Morgan fingerprint density at radius 1 is 1.59 bits per heavy atom. The third-order valence-electron chi connectivity index (χ3n) is 2.89. The van der Waals surface area contributed by atoms with Gasteiger partial charge in [-0.05, 0) is 25.6 Å². The van der Waals surface area contributed by atoms with Crippen molar-refractivity contribution in [3.63, 3.8) is 0 Å². The Bertz CT molecular complexity index is 382. The average molecular weight is 273 g/mol. The predicted octanol–water partition coefficient (Wildman–Crippen LogP) is 2.04. The summed E-state index contributed by atoms with van der Waals surface area (Å²) in [5.74, 6) is 0.892. The Labute approximate surface area is 111 Å². The van der Waals surface area contributed by atoms with Crippen molar-refractivity contribution >= 4 is 29.2 Å². The summed E-state index contributed by atoms with van der Waals surface area (Å²) in [5, 5.41) is 4.70. The van der Waals surface area contributed by atoms with E-state index in [1.807, 2.05) is 19.4 Å². The molecule has 17 heavy (non-hydrogen) atoms. The summed E-state index contributed by atoms with van der Waals surface area (Å²) in [7, 11) is 2.04. The minimum Gasteiger partial charge on any atom is -0.358 e. The summed E-state index contributed by atoms with van der Waals surface area (Å²) in [6, 6.07) is 2.38. The zero-order chi connectivity index (χ0) is 12.3. The number of rotatable bonds is 4. The van der Waals surface area contributed by atoms with Gasteiger partial charge in [0.25, 0.3) is 0 Å². The van der Waals surface area contributed by atoms with Gasteiger partial charge in [0.1, 0.15) is 11.0 Å². The van der Waals surface area contributed by atoms with Crippen molar-refractivity contribution in [1.82, 2.24) is 15.3 Å². The molecule has 1 aromatic rings. The van der Waals surface area contributed by atoms with Gasteiger partial charge < -0.3 is 10.2 Å². The molecule has 1 N–H and O–H groups in total. The molecule has 0 radical (unpaired) electrons. The van der Waals surface area contributed by atoms with Gasteiger partial charge in [0.2, 0.25) is 0 Å². The number of hydrogen-bond donors (Lipinski definition) is 1. The minimum absolute atomic E-state index is 0.505. The number of thioether (sulfide) groups is 1. The SMILES string of the molecule is CSc1nc(Cl)cc(N(C)C[C@H]2CCCN2)n1. The second kappa shape index (κ2) is 5.89. The molecule has 94 valence electrons. The zero-order valence-electron chi connectivity index (χ0n) is 10.1. The maximum absolute atomic E-state index is 5.98. The Morgan fingerprint density at radius 3 is 3.06 bits per heavy atom. The lowest BCUT2D eigenvalue weighted by molar-refractivity contribution is 0.596. The fraction of sp³-hybridized carbons (Fsp3) is 0.636. The molecular weight excluding hydrogens is 256 g/mol. The van der Waals surface area contributed by atoms with Gasteiger partial charge in [-0.3, -0.25) is 0 Å². The molecule has 0 spiro atoms. The topological polar surface area (TPSA) is 41.1 Å². The van der Waals surface area contributed by atoms with Crippen LogP contribution in [0.2, 0.25) is 5.15 Å². The van der Waals surface area contributed by atoms with E-state index in [1.165, 1.54) is 24.6 Å². The van der Waals surface area contributed by atoms with Gasteiger partial charge in [0.15, 0.2) is 5.16 Å². The maximum atomic E-state index is 5.98. The number of likely N-dealkylation sites (N-methyl/N-ethyl adjacent to an activating group) is 1. The second-order valence-electron chi connectivity index (χ2n) is 4.21. The fourth-order valence-corrected chi connectivity index (χ4v) is 2.61. The van der Waals surface area contributed by atoms with Crippen molar-refractivity contribution in [2.45, 2.75) is 24.0 Å². The molecule has 1 aliphatic heterocycles. The van der Waals surface area contributed by atoms with E-state index in [1.54, 1.807) is 0 Å². The highest BCUT2D eigenvalue weighted by Gasteiger charge is 2.17. The van der Waals surface area contributed by atoms with E-state index in [2.05, 4.69) is 20.2 Å². The zero-order valence-corrected chi connectivity index (χ0v) is 11.7. The van der Waals surface area contributed by atoms with Gasteiger partial charge in [-0.25, -0.2) is 9.97 Å². The van der Waals surface area contributed by atoms with Crippen molar-refractivity contribution in [1.29, 1.82) is 0 Å². The lowest BCUT2D eigenvalue weighted by Crippen LogP contribution is -2.35. The molecule has 0 saturated carbocycles. The lowest BCUT2D eigenvalue weighted by atomic mass is 10.2. The molecule has 1 aromatic heterocycles. The quantitative estimate of drug-likeness (QED) is 0.516. The molecule has 2 heterocycles. The summed E-state index contributed by atoms with van der Waals surface area (Å²) in [6.45, 7) is 2.08. The van der Waals surface area contributed by atoms with Crippen LogP contribution in [0.3, 0.4) is 0 Å². The van der Waals surface area contributed by atoms with Gasteiger partial charge in [0.05, 0.1) is 0 Å². The lowest BCUT2D eigenvalue weighted by Gasteiger charge is -2.22. The number of nitrogens with zero attached hydrogens (tertiary/aromatic N) is 3. The summed E-state index contributed by atoms with van der Waals surface area (Å²) < 4.78 is 0. The van der Waals surface area contributed by atoms with Crippen molar-refractivity contribution in [2.24, 2.45) is 0 Å². The van der Waals surface area contributed by atoms with Crippen LogP contribution in [0.1, 0.15) is 12.8 Å². The molecule has 1 atom stereocenters. The largest absolute Gasteiger partial charge is 0.358 e. The highest BCUT2D eigenvalue weighted by atomic mass is 35.5. The van der Waals surface area contributed by atoms with E-state index in [4.69, 9.17) is 11.6 Å². The van der Waals surface area contributed by atoms with Crippen LogP contribution in [0, 0.1) is 0 Å². The Kier molecular flexibility index (Phi) is 4.48. The van der Waals surface area contributed by atoms with E-state index in [0.717, 1.165) is 24.1 Å². The predicted molar refractivity (Wildman–Crippen MR) is 73.1 cm³/mol. The van der Waals surface area contributed by atoms with Crippen LogP contribution in [0.25, 0.3) is 0 Å². The minimum atomic E-state index is 0.505. The van der Waals surface area contributed by atoms with E-state index >= 15 is 0 Å². The summed E-state index contributed by atoms with van der Waals surface area (Å²) in [4.78, 5) is 10.7. The van der Waals surface area contributed by atoms with Crippen LogP contribution in [0.15, 0.2) is 11.2 Å². The molecule has 2 rings (SSSR count). The molecule has 0 amide bonds. The Balaban J connectivity index is 2.06. The summed E-state index contributed by atoms with van der Waals surface area (Å²) >= 11 is 7.49. The molecular formula is C11H17ClN4S. The normalized spacial score (nSPS) is 19.6. The Hall–Kier alpha value is -0.520.